The number of fused-ring (bicyclic) bond motifs is 1. The number of aromatic nitrogens is 1. The maximum Gasteiger partial charge on any atom is 0.0759 e. The third kappa shape index (κ3) is 3.10. The quantitative estimate of drug-likeness (QED) is 0.863. The maximum absolute atomic E-state index is 5.21. The molecule has 20 heavy (non-hydrogen) atoms. The fourth-order valence-electron chi connectivity index (χ4n) is 2.37. The van der Waals surface area contributed by atoms with E-state index in [1.165, 1.54) is 16.6 Å². The Morgan fingerprint density at radius 1 is 1.30 bits per heavy atom. The van der Waals surface area contributed by atoms with E-state index in [4.69, 9.17) is 9.72 Å². The van der Waals surface area contributed by atoms with Gasteiger partial charge in [0.1, 0.15) is 0 Å². The van der Waals surface area contributed by atoms with E-state index in [1.54, 1.807) is 7.11 Å². The van der Waals surface area contributed by atoms with Gasteiger partial charge < -0.3 is 10.1 Å². The van der Waals surface area contributed by atoms with E-state index in [0.717, 1.165) is 30.8 Å². The van der Waals surface area contributed by atoms with Crippen LogP contribution in [0.1, 0.15) is 37.9 Å². The van der Waals surface area contributed by atoms with Crippen molar-refractivity contribution < 1.29 is 4.74 Å². The monoisotopic (exact) mass is 272 g/mol. The summed E-state index contributed by atoms with van der Waals surface area (Å²) in [4.78, 5) is 4.87. The van der Waals surface area contributed by atoms with E-state index < -0.39 is 0 Å². The van der Waals surface area contributed by atoms with E-state index in [0.29, 0.717) is 5.92 Å². The molecule has 2 aromatic rings. The number of hydrogen-bond acceptors (Lipinski definition) is 3. The van der Waals surface area contributed by atoms with Gasteiger partial charge in [0.25, 0.3) is 0 Å². The lowest BCUT2D eigenvalue weighted by Crippen LogP contribution is -2.04. The van der Waals surface area contributed by atoms with Crippen LogP contribution >= 0.6 is 0 Å². The minimum atomic E-state index is 0.423. The van der Waals surface area contributed by atoms with E-state index >= 15 is 0 Å². The first-order chi connectivity index (χ1) is 9.67. The molecular formula is C17H24N2O. The van der Waals surface area contributed by atoms with Crippen molar-refractivity contribution in [2.24, 2.45) is 0 Å². The number of nitrogens with one attached hydrogen (secondary N) is 1. The molecule has 1 aromatic carbocycles. The number of para-hydroxylation sites is 1. The largest absolute Gasteiger partial charge is 0.385 e. The predicted molar refractivity (Wildman–Crippen MR) is 85.6 cm³/mol. The molecule has 0 bridgehead atoms. The van der Waals surface area contributed by atoms with Crippen molar-refractivity contribution in [1.82, 2.24) is 4.98 Å². The van der Waals surface area contributed by atoms with Crippen LogP contribution < -0.4 is 5.32 Å². The van der Waals surface area contributed by atoms with Crippen LogP contribution in [0.3, 0.4) is 0 Å². The number of ether oxygens (including phenoxy) is 1. The summed E-state index contributed by atoms with van der Waals surface area (Å²) < 4.78 is 5.21. The van der Waals surface area contributed by atoms with Gasteiger partial charge in [0, 0.05) is 30.4 Å². The van der Waals surface area contributed by atoms with Gasteiger partial charge in [0.05, 0.1) is 12.1 Å². The molecule has 0 unspecified atom stereocenters. The summed E-state index contributed by atoms with van der Waals surface area (Å²) in [5.41, 5.74) is 4.68. The lowest BCUT2D eigenvalue weighted by atomic mass is 10.0. The van der Waals surface area contributed by atoms with Crippen molar-refractivity contribution in [3.63, 3.8) is 0 Å². The summed E-state index contributed by atoms with van der Waals surface area (Å²) in [5, 5.41) is 4.66. The Kier molecular flexibility index (Phi) is 4.96. The number of methoxy groups -OCH3 is 1. The molecule has 1 heterocycles. The van der Waals surface area contributed by atoms with Gasteiger partial charge in [-0.1, -0.05) is 32.0 Å². The first-order valence-corrected chi connectivity index (χ1v) is 7.32. The molecule has 1 aromatic heterocycles. The number of pyridine rings is 1. The third-order valence-electron chi connectivity index (χ3n) is 3.48. The van der Waals surface area contributed by atoms with Crippen LogP contribution in [0.4, 0.5) is 5.69 Å². The van der Waals surface area contributed by atoms with E-state index in [9.17, 15) is 0 Å². The molecule has 0 radical (unpaired) electrons. The Hall–Kier alpha value is -1.61. The molecular weight excluding hydrogens is 248 g/mol. The fourth-order valence-corrected chi connectivity index (χ4v) is 2.37. The lowest BCUT2D eigenvalue weighted by Gasteiger charge is -2.15. The zero-order valence-corrected chi connectivity index (χ0v) is 12.9. The predicted octanol–water partition coefficient (Wildman–Crippen LogP) is 3.98. The minimum absolute atomic E-state index is 0.423. The van der Waals surface area contributed by atoms with Gasteiger partial charge in [-0.15, -0.1) is 0 Å². The molecule has 0 fully saturated rings. The molecule has 0 aliphatic rings. The van der Waals surface area contributed by atoms with Gasteiger partial charge in [0.15, 0.2) is 0 Å². The van der Waals surface area contributed by atoms with Crippen molar-refractivity contribution in [3.8, 4) is 0 Å². The molecule has 0 saturated carbocycles. The van der Waals surface area contributed by atoms with Crippen molar-refractivity contribution in [2.45, 2.75) is 33.1 Å². The highest BCUT2D eigenvalue weighted by atomic mass is 16.5. The number of hydrogen-bond donors (Lipinski definition) is 1. The highest BCUT2D eigenvalue weighted by Gasteiger charge is 2.11. The Morgan fingerprint density at radius 2 is 2.10 bits per heavy atom. The average molecular weight is 272 g/mol. The topological polar surface area (TPSA) is 34.2 Å². The molecule has 3 nitrogen and oxygen atoms in total. The van der Waals surface area contributed by atoms with Gasteiger partial charge in [-0.25, -0.2) is 0 Å². The first-order valence-electron chi connectivity index (χ1n) is 7.32. The van der Waals surface area contributed by atoms with E-state index in [1.807, 2.05) is 0 Å². The average Bonchev–Trinajstić information content (AvgIpc) is 2.45. The summed E-state index contributed by atoms with van der Waals surface area (Å²) in [6.45, 7) is 8.13. The van der Waals surface area contributed by atoms with Gasteiger partial charge in [0.2, 0.25) is 0 Å². The number of rotatable bonds is 6. The fraction of sp³-hybridized carbons (Fsp3) is 0.471. The van der Waals surface area contributed by atoms with Crippen LogP contribution in [0.15, 0.2) is 24.3 Å². The summed E-state index contributed by atoms with van der Waals surface area (Å²) >= 11 is 0. The molecule has 0 aliphatic carbocycles. The van der Waals surface area contributed by atoms with E-state index in [2.05, 4.69) is 50.4 Å². The molecule has 0 saturated heterocycles. The van der Waals surface area contributed by atoms with Gasteiger partial charge in [-0.3, -0.25) is 4.98 Å². The summed E-state index contributed by atoms with van der Waals surface area (Å²) in [7, 11) is 1.74. The van der Waals surface area contributed by atoms with E-state index in [-0.39, 0.29) is 0 Å². The van der Waals surface area contributed by atoms with Gasteiger partial charge >= 0.3 is 0 Å². The molecule has 0 amide bonds. The van der Waals surface area contributed by atoms with Crippen molar-refractivity contribution in [3.05, 3.63) is 35.5 Å². The normalized spacial score (nSPS) is 11.2. The molecule has 1 N–H and O–H groups in total. The second-order valence-corrected chi connectivity index (χ2v) is 5.34. The third-order valence-corrected chi connectivity index (χ3v) is 3.48. The number of benzene rings is 1. The maximum atomic E-state index is 5.21. The van der Waals surface area contributed by atoms with Crippen LogP contribution in [0.2, 0.25) is 0 Å². The van der Waals surface area contributed by atoms with Crippen LogP contribution in [-0.4, -0.2) is 25.2 Å². The minimum Gasteiger partial charge on any atom is -0.385 e. The summed E-state index contributed by atoms with van der Waals surface area (Å²) in [6.07, 6.45) is 0.897. The second kappa shape index (κ2) is 6.71. The van der Waals surface area contributed by atoms with Crippen molar-refractivity contribution in [1.29, 1.82) is 0 Å². The molecule has 108 valence electrons. The second-order valence-electron chi connectivity index (χ2n) is 5.34. The van der Waals surface area contributed by atoms with Crippen LogP contribution in [0.25, 0.3) is 10.9 Å². The Bertz CT molecular complexity index is 578. The van der Waals surface area contributed by atoms with Gasteiger partial charge in [-0.05, 0) is 30.9 Å². The molecule has 0 aliphatic heterocycles. The SMILES string of the molecule is CCNc1cc(C(C)C)nc2c(CCOC)cccc12. The first kappa shape index (κ1) is 14.8. The zero-order chi connectivity index (χ0) is 14.5. The lowest BCUT2D eigenvalue weighted by molar-refractivity contribution is 0.202. The molecule has 0 spiro atoms. The molecule has 0 atom stereocenters. The van der Waals surface area contributed by atoms with Crippen LogP contribution in [0.5, 0.6) is 0 Å². The van der Waals surface area contributed by atoms with Crippen molar-refractivity contribution >= 4 is 16.6 Å². The standard InChI is InChI=1S/C17H24N2O/c1-5-18-16-11-15(12(2)3)19-17-13(9-10-20-4)7-6-8-14(16)17/h6-8,11-12H,5,9-10H2,1-4H3,(H,18,19). The van der Waals surface area contributed by atoms with Crippen molar-refractivity contribution in [2.75, 3.05) is 25.6 Å². The Morgan fingerprint density at radius 3 is 2.75 bits per heavy atom. The number of nitrogens with zero attached hydrogens (tertiary/aromatic N) is 1. The van der Waals surface area contributed by atoms with Crippen LogP contribution in [-0.2, 0) is 11.2 Å². The summed E-state index contributed by atoms with van der Waals surface area (Å²) in [5.74, 6) is 0.423. The molecule has 2 rings (SSSR count). The molecule has 3 heteroatoms. The van der Waals surface area contributed by atoms with Gasteiger partial charge in [-0.2, -0.15) is 0 Å². The Balaban J connectivity index is 2.59. The number of anilines is 1. The summed E-state index contributed by atoms with van der Waals surface area (Å²) in [6, 6.07) is 8.57. The highest BCUT2D eigenvalue weighted by molar-refractivity contribution is 5.93. The zero-order valence-electron chi connectivity index (χ0n) is 12.9. The smallest absolute Gasteiger partial charge is 0.0759 e. The van der Waals surface area contributed by atoms with Crippen LogP contribution in [0, 0.1) is 0 Å². The Labute approximate surface area is 121 Å². The highest BCUT2D eigenvalue weighted by Crippen LogP contribution is 2.28.